The van der Waals surface area contributed by atoms with Crippen LogP contribution in [0.4, 0.5) is 5.69 Å². The standard InChI is InChI=1S/C22H27N3O7/c1-22(2,3)32-18(27)8-10-31-11-9-23-13-4-5-14-15(12-13)21(30)25(20(14)29)16-6-7-17(26)24-19(16)28/h4-5,12,16,23H,6-11H2,1-3H3,(H,24,26,28). The number of ether oxygens (including phenoxy) is 2. The highest BCUT2D eigenvalue weighted by Crippen LogP contribution is 2.29. The highest BCUT2D eigenvalue weighted by molar-refractivity contribution is 6.23. The summed E-state index contributed by atoms with van der Waals surface area (Å²) in [6.45, 7) is 6.38. The third kappa shape index (κ3) is 5.50. The zero-order valence-corrected chi connectivity index (χ0v) is 18.4. The van der Waals surface area contributed by atoms with Crippen molar-refractivity contribution in [2.45, 2.75) is 51.7 Å². The maximum Gasteiger partial charge on any atom is 0.308 e. The van der Waals surface area contributed by atoms with Gasteiger partial charge in [-0.2, -0.15) is 0 Å². The molecule has 10 heteroatoms. The number of rotatable bonds is 8. The van der Waals surface area contributed by atoms with E-state index in [1.165, 1.54) is 6.07 Å². The first-order chi connectivity index (χ1) is 15.1. The minimum Gasteiger partial charge on any atom is -0.460 e. The molecule has 0 bridgehead atoms. The first-order valence-electron chi connectivity index (χ1n) is 10.5. The molecular formula is C22H27N3O7. The largest absolute Gasteiger partial charge is 0.460 e. The number of hydrogen-bond donors (Lipinski definition) is 2. The zero-order valence-electron chi connectivity index (χ0n) is 18.4. The number of esters is 1. The van der Waals surface area contributed by atoms with Crippen molar-refractivity contribution in [3.63, 3.8) is 0 Å². The molecular weight excluding hydrogens is 418 g/mol. The summed E-state index contributed by atoms with van der Waals surface area (Å²) in [6.07, 6.45) is 0.343. The number of benzene rings is 1. The molecule has 32 heavy (non-hydrogen) atoms. The van der Waals surface area contributed by atoms with E-state index in [0.717, 1.165) is 4.90 Å². The van der Waals surface area contributed by atoms with E-state index in [1.807, 2.05) is 0 Å². The molecule has 1 aromatic rings. The summed E-state index contributed by atoms with van der Waals surface area (Å²) in [5, 5.41) is 5.27. The molecule has 0 aliphatic carbocycles. The van der Waals surface area contributed by atoms with E-state index in [2.05, 4.69) is 10.6 Å². The van der Waals surface area contributed by atoms with Crippen LogP contribution in [-0.2, 0) is 23.9 Å². The third-order valence-corrected chi connectivity index (χ3v) is 4.89. The molecule has 1 aromatic carbocycles. The quantitative estimate of drug-likeness (QED) is 0.347. The number of carbonyl (C=O) groups is 5. The molecule has 2 N–H and O–H groups in total. The summed E-state index contributed by atoms with van der Waals surface area (Å²) in [5.41, 5.74) is 0.513. The number of carbonyl (C=O) groups excluding carboxylic acids is 5. The number of hydrogen-bond acceptors (Lipinski definition) is 8. The van der Waals surface area contributed by atoms with Crippen LogP contribution in [0, 0.1) is 0 Å². The second kappa shape index (κ2) is 9.47. The lowest BCUT2D eigenvalue weighted by atomic mass is 10.0. The van der Waals surface area contributed by atoms with Crippen LogP contribution in [0.5, 0.6) is 0 Å². The molecule has 172 valence electrons. The lowest BCUT2D eigenvalue weighted by Gasteiger charge is -2.27. The Labute approximate surface area is 185 Å². The van der Waals surface area contributed by atoms with Gasteiger partial charge in [0.25, 0.3) is 11.8 Å². The lowest BCUT2D eigenvalue weighted by Crippen LogP contribution is -2.54. The highest BCUT2D eigenvalue weighted by atomic mass is 16.6. The van der Waals surface area contributed by atoms with Crippen LogP contribution in [0.2, 0.25) is 0 Å². The van der Waals surface area contributed by atoms with Gasteiger partial charge in [-0.05, 0) is 45.4 Å². The third-order valence-electron chi connectivity index (χ3n) is 4.89. The molecule has 2 aliphatic rings. The van der Waals surface area contributed by atoms with Crippen molar-refractivity contribution < 1.29 is 33.4 Å². The van der Waals surface area contributed by atoms with Crippen LogP contribution in [0.3, 0.4) is 0 Å². The van der Waals surface area contributed by atoms with Crippen molar-refractivity contribution >= 4 is 35.3 Å². The summed E-state index contributed by atoms with van der Waals surface area (Å²) in [7, 11) is 0. The van der Waals surface area contributed by atoms with Gasteiger partial charge in [-0.3, -0.25) is 34.2 Å². The van der Waals surface area contributed by atoms with Gasteiger partial charge in [0, 0.05) is 18.7 Å². The highest BCUT2D eigenvalue weighted by Gasteiger charge is 2.44. The molecule has 1 unspecified atom stereocenters. The van der Waals surface area contributed by atoms with Crippen LogP contribution in [0.25, 0.3) is 0 Å². The Bertz CT molecular complexity index is 951. The molecule has 2 heterocycles. The number of nitrogens with one attached hydrogen (secondary N) is 2. The topological polar surface area (TPSA) is 131 Å². The van der Waals surface area contributed by atoms with E-state index in [1.54, 1.807) is 32.9 Å². The molecule has 0 saturated carbocycles. The fraction of sp³-hybridized carbons (Fsp3) is 0.500. The van der Waals surface area contributed by atoms with Gasteiger partial charge in [0.15, 0.2) is 0 Å². The summed E-state index contributed by atoms with van der Waals surface area (Å²) in [4.78, 5) is 61.5. The number of imide groups is 2. The van der Waals surface area contributed by atoms with Crippen molar-refractivity contribution in [2.75, 3.05) is 25.1 Å². The van der Waals surface area contributed by atoms with Gasteiger partial charge in [-0.25, -0.2) is 0 Å². The number of amides is 4. The fourth-order valence-electron chi connectivity index (χ4n) is 3.50. The average Bonchev–Trinajstić information content (AvgIpc) is 2.94. The molecule has 0 spiro atoms. The van der Waals surface area contributed by atoms with E-state index in [0.29, 0.717) is 18.8 Å². The van der Waals surface area contributed by atoms with E-state index in [4.69, 9.17) is 9.47 Å². The van der Waals surface area contributed by atoms with Crippen LogP contribution in [0.1, 0.15) is 60.7 Å². The smallest absolute Gasteiger partial charge is 0.308 e. The van der Waals surface area contributed by atoms with Crippen LogP contribution in [0.15, 0.2) is 18.2 Å². The Morgan fingerprint density at radius 2 is 1.84 bits per heavy atom. The number of fused-ring (bicyclic) bond motifs is 1. The lowest BCUT2D eigenvalue weighted by molar-refractivity contribution is -0.156. The second-order valence-corrected chi connectivity index (χ2v) is 8.58. The minimum atomic E-state index is -0.991. The first kappa shape index (κ1) is 23.4. The van der Waals surface area contributed by atoms with Crippen molar-refractivity contribution in [2.24, 2.45) is 0 Å². The monoisotopic (exact) mass is 445 g/mol. The van der Waals surface area contributed by atoms with Crippen LogP contribution >= 0.6 is 0 Å². The maximum absolute atomic E-state index is 12.8. The Kier molecular flexibility index (Phi) is 6.93. The first-order valence-corrected chi connectivity index (χ1v) is 10.5. The van der Waals surface area contributed by atoms with E-state index in [-0.39, 0.29) is 43.0 Å². The molecule has 1 fully saturated rings. The van der Waals surface area contributed by atoms with Crippen LogP contribution < -0.4 is 10.6 Å². The summed E-state index contributed by atoms with van der Waals surface area (Å²) < 4.78 is 10.6. The SMILES string of the molecule is CC(C)(C)OC(=O)CCOCCNc1ccc2c(c1)C(=O)N(C1CCC(=O)NC1=O)C2=O. The molecule has 1 atom stereocenters. The zero-order chi connectivity index (χ0) is 23.5. The minimum absolute atomic E-state index is 0.0740. The number of nitrogens with zero attached hydrogens (tertiary/aromatic N) is 1. The Balaban J connectivity index is 1.50. The maximum atomic E-state index is 12.8. The summed E-state index contributed by atoms with van der Waals surface area (Å²) in [6, 6.07) is 3.77. The van der Waals surface area contributed by atoms with Crippen molar-refractivity contribution in [3.8, 4) is 0 Å². The number of anilines is 1. The van der Waals surface area contributed by atoms with Gasteiger partial charge in [-0.1, -0.05) is 0 Å². The van der Waals surface area contributed by atoms with Gasteiger partial charge in [-0.15, -0.1) is 0 Å². The van der Waals surface area contributed by atoms with Crippen molar-refractivity contribution in [1.29, 1.82) is 0 Å². The van der Waals surface area contributed by atoms with Gasteiger partial charge in [0.2, 0.25) is 11.8 Å². The predicted octanol–water partition coefficient (Wildman–Crippen LogP) is 1.25. The van der Waals surface area contributed by atoms with Gasteiger partial charge < -0.3 is 14.8 Å². The summed E-state index contributed by atoms with van der Waals surface area (Å²) >= 11 is 0. The molecule has 2 aliphatic heterocycles. The molecule has 4 amide bonds. The van der Waals surface area contributed by atoms with Gasteiger partial charge >= 0.3 is 5.97 Å². The van der Waals surface area contributed by atoms with E-state index in [9.17, 15) is 24.0 Å². The Morgan fingerprint density at radius 3 is 2.53 bits per heavy atom. The van der Waals surface area contributed by atoms with E-state index < -0.39 is 35.3 Å². The number of piperidine rings is 1. The van der Waals surface area contributed by atoms with Gasteiger partial charge in [0.05, 0.1) is 30.8 Å². The van der Waals surface area contributed by atoms with Crippen molar-refractivity contribution in [3.05, 3.63) is 29.3 Å². The second-order valence-electron chi connectivity index (χ2n) is 8.58. The Hall–Kier alpha value is -3.27. The molecule has 3 rings (SSSR count). The van der Waals surface area contributed by atoms with Crippen LogP contribution in [-0.4, -0.2) is 65.9 Å². The average molecular weight is 445 g/mol. The summed E-state index contributed by atoms with van der Waals surface area (Å²) in [5.74, 6) is -2.48. The molecule has 1 saturated heterocycles. The normalized spacial score (nSPS) is 18.5. The predicted molar refractivity (Wildman–Crippen MR) is 113 cm³/mol. The molecule has 10 nitrogen and oxygen atoms in total. The molecule has 0 radical (unpaired) electrons. The van der Waals surface area contributed by atoms with E-state index >= 15 is 0 Å². The van der Waals surface area contributed by atoms with Crippen molar-refractivity contribution in [1.82, 2.24) is 10.2 Å². The Morgan fingerprint density at radius 1 is 1.12 bits per heavy atom. The van der Waals surface area contributed by atoms with Gasteiger partial charge in [0.1, 0.15) is 11.6 Å². The fourth-order valence-corrected chi connectivity index (χ4v) is 3.50. The molecule has 0 aromatic heterocycles.